The number of amides is 1. The van der Waals surface area contributed by atoms with Gasteiger partial charge in [0.1, 0.15) is 11.6 Å². The van der Waals surface area contributed by atoms with Gasteiger partial charge in [0, 0.05) is 30.9 Å². The Labute approximate surface area is 197 Å². The van der Waals surface area contributed by atoms with Gasteiger partial charge >= 0.3 is 0 Å². The lowest BCUT2D eigenvalue weighted by Gasteiger charge is -2.24. The van der Waals surface area contributed by atoms with Crippen molar-refractivity contribution < 1.29 is 22.0 Å². The second-order valence-electron chi connectivity index (χ2n) is 8.15. The number of halogens is 2. The van der Waals surface area contributed by atoms with Crippen LogP contribution in [0.1, 0.15) is 41.7 Å². The van der Waals surface area contributed by atoms with E-state index >= 15 is 0 Å². The van der Waals surface area contributed by atoms with Gasteiger partial charge in [0.15, 0.2) is 0 Å². The van der Waals surface area contributed by atoms with E-state index in [-0.39, 0.29) is 22.7 Å². The molecule has 1 aliphatic heterocycles. The summed E-state index contributed by atoms with van der Waals surface area (Å²) in [6.07, 6.45) is 5.21. The van der Waals surface area contributed by atoms with E-state index in [2.05, 4.69) is 4.98 Å². The molecule has 0 atom stereocenters. The molecule has 3 aromatic rings. The predicted octanol–water partition coefficient (Wildman–Crippen LogP) is 4.77. The van der Waals surface area contributed by atoms with Crippen molar-refractivity contribution in [2.45, 2.75) is 37.1 Å². The number of nitrogens with zero attached hydrogens (tertiary/aromatic N) is 3. The number of hydrogen-bond donors (Lipinski definition) is 0. The second-order valence-corrected chi connectivity index (χ2v) is 10.1. The smallest absolute Gasteiger partial charge is 0.258 e. The molecule has 0 radical (unpaired) electrons. The number of hydrogen-bond acceptors (Lipinski definition) is 4. The van der Waals surface area contributed by atoms with E-state index < -0.39 is 27.6 Å². The van der Waals surface area contributed by atoms with E-state index in [0.29, 0.717) is 24.8 Å². The van der Waals surface area contributed by atoms with Gasteiger partial charge in [-0.1, -0.05) is 18.9 Å². The average Bonchev–Trinajstić information content (AvgIpc) is 3.14. The molecule has 1 aliphatic rings. The standard InChI is InChI=1S/C25H25F2N3O3S/c26-20-10-13-24(23(27)17-20)30(18-21-7-3-4-14-28-21)25(31)19-8-11-22(12-9-19)34(32,33)29-15-5-1-2-6-16-29/h3-4,7-14,17H,1-2,5-6,15-16,18H2. The monoisotopic (exact) mass is 485 g/mol. The maximum Gasteiger partial charge on any atom is 0.258 e. The molecule has 0 bridgehead atoms. The van der Waals surface area contributed by atoms with Crippen LogP contribution in [0.3, 0.4) is 0 Å². The van der Waals surface area contributed by atoms with Crippen molar-refractivity contribution in [2.75, 3.05) is 18.0 Å². The van der Waals surface area contributed by atoms with Crippen LogP contribution in [0, 0.1) is 11.6 Å². The number of rotatable bonds is 6. The van der Waals surface area contributed by atoms with E-state index in [4.69, 9.17) is 0 Å². The van der Waals surface area contributed by atoms with Gasteiger partial charge in [0.2, 0.25) is 10.0 Å². The summed E-state index contributed by atoms with van der Waals surface area (Å²) >= 11 is 0. The molecule has 0 saturated carbocycles. The summed E-state index contributed by atoms with van der Waals surface area (Å²) in [5, 5.41) is 0. The molecule has 0 aliphatic carbocycles. The van der Waals surface area contributed by atoms with E-state index in [1.54, 1.807) is 24.4 Å². The van der Waals surface area contributed by atoms with Crippen LogP contribution >= 0.6 is 0 Å². The molecule has 0 spiro atoms. The van der Waals surface area contributed by atoms with Gasteiger partial charge in [-0.2, -0.15) is 4.31 Å². The fraction of sp³-hybridized carbons (Fsp3) is 0.280. The maximum absolute atomic E-state index is 14.6. The number of benzene rings is 2. The van der Waals surface area contributed by atoms with Crippen molar-refractivity contribution >= 4 is 21.6 Å². The van der Waals surface area contributed by atoms with Gasteiger partial charge in [-0.25, -0.2) is 17.2 Å². The van der Waals surface area contributed by atoms with Crippen molar-refractivity contribution in [1.82, 2.24) is 9.29 Å². The molecule has 1 amide bonds. The first-order chi connectivity index (χ1) is 16.4. The summed E-state index contributed by atoms with van der Waals surface area (Å²) in [7, 11) is -3.66. The molecule has 4 rings (SSSR count). The Morgan fingerprint density at radius 3 is 2.26 bits per heavy atom. The maximum atomic E-state index is 14.6. The molecular weight excluding hydrogens is 460 g/mol. The summed E-state index contributed by atoms with van der Waals surface area (Å²) < 4.78 is 55.6. The molecule has 6 nitrogen and oxygen atoms in total. The van der Waals surface area contributed by atoms with Crippen LogP contribution in [0.25, 0.3) is 0 Å². The molecule has 2 heterocycles. The molecule has 2 aromatic carbocycles. The number of carbonyl (C=O) groups excluding carboxylic acids is 1. The zero-order chi connectivity index (χ0) is 24.1. The summed E-state index contributed by atoms with van der Waals surface area (Å²) in [6, 6.07) is 13.8. The number of aromatic nitrogens is 1. The third kappa shape index (κ3) is 5.31. The summed E-state index contributed by atoms with van der Waals surface area (Å²) in [6.45, 7) is 0.908. The fourth-order valence-corrected chi connectivity index (χ4v) is 5.49. The molecular formula is C25H25F2N3O3S. The minimum absolute atomic E-state index is 0.0456. The zero-order valence-corrected chi connectivity index (χ0v) is 19.3. The van der Waals surface area contributed by atoms with E-state index in [0.717, 1.165) is 36.6 Å². The van der Waals surface area contributed by atoms with Crippen LogP contribution in [0.5, 0.6) is 0 Å². The second kappa shape index (κ2) is 10.4. The molecule has 1 saturated heterocycles. The molecule has 0 N–H and O–H groups in total. The van der Waals surface area contributed by atoms with Crippen molar-refractivity contribution in [1.29, 1.82) is 0 Å². The zero-order valence-electron chi connectivity index (χ0n) is 18.5. The van der Waals surface area contributed by atoms with Gasteiger partial charge in [0.05, 0.1) is 22.8 Å². The van der Waals surface area contributed by atoms with Crippen LogP contribution in [-0.4, -0.2) is 36.7 Å². The predicted molar refractivity (Wildman–Crippen MR) is 125 cm³/mol. The Hall–Kier alpha value is -3.17. The Bertz CT molecular complexity index is 1240. The number of anilines is 1. The third-order valence-corrected chi connectivity index (χ3v) is 7.71. The van der Waals surface area contributed by atoms with Crippen LogP contribution in [0.4, 0.5) is 14.5 Å². The first kappa shape index (κ1) is 24.0. The molecule has 1 fully saturated rings. The molecule has 9 heteroatoms. The van der Waals surface area contributed by atoms with Gasteiger partial charge in [-0.05, 0) is 61.4 Å². The Morgan fingerprint density at radius 1 is 0.941 bits per heavy atom. The highest BCUT2D eigenvalue weighted by Gasteiger charge is 2.26. The van der Waals surface area contributed by atoms with Gasteiger partial charge < -0.3 is 0 Å². The Balaban J connectivity index is 1.63. The quantitative estimate of drug-likeness (QED) is 0.504. The fourth-order valence-electron chi connectivity index (χ4n) is 3.98. The van der Waals surface area contributed by atoms with Crippen LogP contribution < -0.4 is 4.90 Å². The minimum Gasteiger partial charge on any atom is -0.299 e. The Morgan fingerprint density at radius 2 is 1.65 bits per heavy atom. The number of carbonyl (C=O) groups is 1. The normalized spacial score (nSPS) is 15.0. The van der Waals surface area contributed by atoms with Crippen LogP contribution in [0.2, 0.25) is 0 Å². The topological polar surface area (TPSA) is 70.6 Å². The third-order valence-electron chi connectivity index (χ3n) is 5.80. The highest BCUT2D eigenvalue weighted by atomic mass is 32.2. The van der Waals surface area contributed by atoms with E-state index in [1.165, 1.54) is 34.6 Å². The average molecular weight is 486 g/mol. The van der Waals surface area contributed by atoms with Crippen molar-refractivity contribution in [3.63, 3.8) is 0 Å². The molecule has 178 valence electrons. The lowest BCUT2D eigenvalue weighted by Crippen LogP contribution is -2.32. The number of pyridine rings is 1. The van der Waals surface area contributed by atoms with Crippen molar-refractivity contribution in [2.24, 2.45) is 0 Å². The van der Waals surface area contributed by atoms with E-state index in [9.17, 15) is 22.0 Å². The highest BCUT2D eigenvalue weighted by Crippen LogP contribution is 2.26. The van der Waals surface area contributed by atoms with E-state index in [1.807, 2.05) is 0 Å². The lowest BCUT2D eigenvalue weighted by molar-refractivity contribution is 0.0983. The lowest BCUT2D eigenvalue weighted by atomic mass is 10.1. The summed E-state index contributed by atoms with van der Waals surface area (Å²) in [4.78, 5) is 18.8. The molecule has 0 unspecified atom stereocenters. The summed E-state index contributed by atoms with van der Waals surface area (Å²) in [5.41, 5.74) is 0.590. The van der Waals surface area contributed by atoms with Crippen molar-refractivity contribution in [3.8, 4) is 0 Å². The number of sulfonamides is 1. The Kier molecular flexibility index (Phi) is 7.33. The van der Waals surface area contributed by atoms with Crippen LogP contribution in [-0.2, 0) is 16.6 Å². The van der Waals surface area contributed by atoms with Gasteiger partial charge in [-0.15, -0.1) is 0 Å². The summed E-state index contributed by atoms with van der Waals surface area (Å²) in [5.74, 6) is -2.20. The minimum atomic E-state index is -3.66. The molecule has 34 heavy (non-hydrogen) atoms. The van der Waals surface area contributed by atoms with Gasteiger partial charge in [0.25, 0.3) is 5.91 Å². The van der Waals surface area contributed by atoms with Crippen LogP contribution in [0.15, 0.2) is 71.8 Å². The largest absolute Gasteiger partial charge is 0.299 e. The molecule has 1 aromatic heterocycles. The highest BCUT2D eigenvalue weighted by molar-refractivity contribution is 7.89. The SMILES string of the molecule is O=C(c1ccc(S(=O)(=O)N2CCCCCC2)cc1)N(Cc1ccccn1)c1ccc(F)cc1F. The first-order valence-electron chi connectivity index (χ1n) is 11.1. The first-order valence-corrected chi connectivity index (χ1v) is 12.6. The van der Waals surface area contributed by atoms with Gasteiger partial charge in [-0.3, -0.25) is 14.7 Å². The van der Waals surface area contributed by atoms with Crippen molar-refractivity contribution in [3.05, 3.63) is 89.8 Å².